The minimum Gasteiger partial charge on any atom is -0.480 e. The third-order valence-electron chi connectivity index (χ3n) is 3.50. The molecule has 2 N–H and O–H groups in total. The minimum absolute atomic E-state index is 0.278. The molecule has 0 aromatic rings. The monoisotopic (exact) mass is 183 g/mol. The first-order valence-corrected chi connectivity index (χ1v) is 5.15. The van der Waals surface area contributed by atoms with Crippen molar-refractivity contribution in [2.45, 2.75) is 44.7 Å². The second-order valence-electron chi connectivity index (χ2n) is 4.58. The zero-order valence-electron chi connectivity index (χ0n) is 7.99. The topological polar surface area (TPSA) is 49.3 Å². The third-order valence-corrected chi connectivity index (χ3v) is 3.50. The molecule has 1 heterocycles. The normalized spacial score (nSPS) is 44.4. The van der Waals surface area contributed by atoms with E-state index < -0.39 is 5.97 Å². The van der Waals surface area contributed by atoms with Crippen molar-refractivity contribution < 1.29 is 9.90 Å². The van der Waals surface area contributed by atoms with Crippen LogP contribution in [0, 0.1) is 11.8 Å². The smallest absolute Gasteiger partial charge is 0.320 e. The molecule has 4 atom stereocenters. The number of hydrogen-bond acceptors (Lipinski definition) is 2. The zero-order valence-corrected chi connectivity index (χ0v) is 7.99. The maximum atomic E-state index is 10.8. The van der Waals surface area contributed by atoms with Crippen molar-refractivity contribution in [1.29, 1.82) is 0 Å². The van der Waals surface area contributed by atoms with Crippen LogP contribution < -0.4 is 5.32 Å². The summed E-state index contributed by atoms with van der Waals surface area (Å²) in [6.45, 7) is 2.27. The number of carbonyl (C=O) groups is 1. The number of carboxylic acid groups (broad SMARTS) is 1. The van der Waals surface area contributed by atoms with E-state index in [0.717, 1.165) is 18.8 Å². The Morgan fingerprint density at radius 3 is 2.85 bits per heavy atom. The summed E-state index contributed by atoms with van der Waals surface area (Å²) in [7, 11) is 0. The van der Waals surface area contributed by atoms with Gasteiger partial charge in [0.2, 0.25) is 0 Å². The summed E-state index contributed by atoms with van der Waals surface area (Å²) >= 11 is 0. The van der Waals surface area contributed by atoms with Gasteiger partial charge in [-0.05, 0) is 37.5 Å². The standard InChI is InChI=1S/C10H17NO2/c1-6-2-3-8-7(4-6)5-9(11-8)10(12)13/h6-9,11H,2-5H2,1H3,(H,12,13). The van der Waals surface area contributed by atoms with Crippen LogP contribution in [0.5, 0.6) is 0 Å². The molecule has 4 unspecified atom stereocenters. The Morgan fingerprint density at radius 2 is 2.15 bits per heavy atom. The molecule has 1 aliphatic heterocycles. The fourth-order valence-electron chi connectivity index (χ4n) is 2.78. The van der Waals surface area contributed by atoms with Gasteiger partial charge in [0.15, 0.2) is 0 Å². The van der Waals surface area contributed by atoms with Crippen LogP contribution in [0.25, 0.3) is 0 Å². The van der Waals surface area contributed by atoms with Crippen LogP contribution in [0.2, 0.25) is 0 Å². The second-order valence-corrected chi connectivity index (χ2v) is 4.58. The van der Waals surface area contributed by atoms with Crippen molar-refractivity contribution >= 4 is 5.97 Å². The molecule has 2 rings (SSSR count). The first-order chi connectivity index (χ1) is 6.16. The summed E-state index contributed by atoms with van der Waals surface area (Å²) in [6, 6.07) is 0.206. The molecule has 0 aromatic carbocycles. The predicted octanol–water partition coefficient (Wildman–Crippen LogP) is 1.24. The van der Waals surface area contributed by atoms with Crippen LogP contribution in [0.15, 0.2) is 0 Å². The van der Waals surface area contributed by atoms with E-state index in [9.17, 15) is 4.79 Å². The molecule has 0 spiro atoms. The second kappa shape index (κ2) is 3.29. The highest BCUT2D eigenvalue weighted by molar-refractivity contribution is 5.74. The van der Waals surface area contributed by atoms with Crippen molar-refractivity contribution in [3.63, 3.8) is 0 Å². The lowest BCUT2D eigenvalue weighted by molar-refractivity contribution is -0.139. The Labute approximate surface area is 78.5 Å². The summed E-state index contributed by atoms with van der Waals surface area (Å²) in [5, 5.41) is 12.1. The van der Waals surface area contributed by atoms with E-state index in [1.54, 1.807) is 0 Å². The summed E-state index contributed by atoms with van der Waals surface area (Å²) in [5.74, 6) is 0.725. The molecule has 0 amide bonds. The number of hydrogen-bond donors (Lipinski definition) is 2. The third kappa shape index (κ3) is 1.70. The van der Waals surface area contributed by atoms with Gasteiger partial charge in [-0.1, -0.05) is 6.92 Å². The van der Waals surface area contributed by atoms with Gasteiger partial charge in [0.25, 0.3) is 0 Å². The highest BCUT2D eigenvalue weighted by Gasteiger charge is 2.39. The number of nitrogens with one attached hydrogen (secondary N) is 1. The molecule has 74 valence electrons. The Balaban J connectivity index is 1.98. The quantitative estimate of drug-likeness (QED) is 0.643. The lowest BCUT2D eigenvalue weighted by Crippen LogP contribution is -2.37. The molecule has 1 saturated carbocycles. The van der Waals surface area contributed by atoms with Gasteiger partial charge >= 0.3 is 5.97 Å². The van der Waals surface area contributed by atoms with Crippen molar-refractivity contribution in [2.75, 3.05) is 0 Å². The molecule has 13 heavy (non-hydrogen) atoms. The van der Waals surface area contributed by atoms with E-state index in [-0.39, 0.29) is 6.04 Å². The molecule has 0 bridgehead atoms. The number of aliphatic carboxylic acids is 1. The summed E-state index contributed by atoms with van der Waals surface area (Å²) < 4.78 is 0. The summed E-state index contributed by atoms with van der Waals surface area (Å²) in [4.78, 5) is 10.8. The minimum atomic E-state index is -0.679. The van der Waals surface area contributed by atoms with Crippen molar-refractivity contribution in [1.82, 2.24) is 5.32 Å². The van der Waals surface area contributed by atoms with Crippen LogP contribution in [0.3, 0.4) is 0 Å². The van der Waals surface area contributed by atoms with Crippen LogP contribution in [0.4, 0.5) is 0 Å². The first kappa shape index (κ1) is 9.00. The van der Waals surface area contributed by atoms with Gasteiger partial charge in [-0.15, -0.1) is 0 Å². The van der Waals surface area contributed by atoms with E-state index in [0.29, 0.717) is 12.0 Å². The van der Waals surface area contributed by atoms with Crippen LogP contribution in [-0.2, 0) is 4.79 Å². The summed E-state index contributed by atoms with van der Waals surface area (Å²) in [5.41, 5.74) is 0. The number of rotatable bonds is 1. The number of carboxylic acids is 1. The Hall–Kier alpha value is -0.570. The molecule has 0 radical (unpaired) electrons. The fourth-order valence-corrected chi connectivity index (χ4v) is 2.78. The fraction of sp³-hybridized carbons (Fsp3) is 0.900. The summed E-state index contributed by atoms with van der Waals surface area (Å²) in [6.07, 6.45) is 4.46. The van der Waals surface area contributed by atoms with Crippen LogP contribution in [-0.4, -0.2) is 23.2 Å². The molecule has 2 aliphatic rings. The molecule has 1 saturated heterocycles. The van der Waals surface area contributed by atoms with E-state index in [1.807, 2.05) is 0 Å². The molecule has 1 aliphatic carbocycles. The average molecular weight is 183 g/mol. The van der Waals surface area contributed by atoms with Gasteiger partial charge in [0, 0.05) is 6.04 Å². The highest BCUT2D eigenvalue weighted by Crippen LogP contribution is 2.36. The zero-order chi connectivity index (χ0) is 9.42. The van der Waals surface area contributed by atoms with Crippen molar-refractivity contribution in [2.24, 2.45) is 11.8 Å². The van der Waals surface area contributed by atoms with Crippen molar-refractivity contribution in [3.05, 3.63) is 0 Å². The van der Waals surface area contributed by atoms with Gasteiger partial charge in [0.1, 0.15) is 6.04 Å². The van der Waals surface area contributed by atoms with Gasteiger partial charge < -0.3 is 10.4 Å². The van der Waals surface area contributed by atoms with E-state index in [1.165, 1.54) is 12.8 Å². The van der Waals surface area contributed by atoms with E-state index in [4.69, 9.17) is 5.11 Å². The molecule has 0 aromatic heterocycles. The number of fused-ring (bicyclic) bond motifs is 1. The lowest BCUT2D eigenvalue weighted by Gasteiger charge is -2.29. The predicted molar refractivity (Wildman–Crippen MR) is 49.5 cm³/mol. The van der Waals surface area contributed by atoms with E-state index in [2.05, 4.69) is 12.2 Å². The van der Waals surface area contributed by atoms with Crippen LogP contribution >= 0.6 is 0 Å². The Kier molecular flexibility index (Phi) is 2.28. The maximum Gasteiger partial charge on any atom is 0.320 e. The Bertz CT molecular complexity index is 217. The van der Waals surface area contributed by atoms with Crippen molar-refractivity contribution in [3.8, 4) is 0 Å². The molecule has 3 heteroatoms. The first-order valence-electron chi connectivity index (χ1n) is 5.15. The molecule has 2 fully saturated rings. The SMILES string of the molecule is CC1CCC2NC(C(=O)O)CC2C1. The average Bonchev–Trinajstić information content (AvgIpc) is 2.46. The van der Waals surface area contributed by atoms with Gasteiger partial charge in [-0.25, -0.2) is 0 Å². The molecular weight excluding hydrogens is 166 g/mol. The molecular formula is C10H17NO2. The van der Waals surface area contributed by atoms with E-state index >= 15 is 0 Å². The highest BCUT2D eigenvalue weighted by atomic mass is 16.4. The Morgan fingerprint density at radius 1 is 1.38 bits per heavy atom. The largest absolute Gasteiger partial charge is 0.480 e. The molecule has 3 nitrogen and oxygen atoms in total. The lowest BCUT2D eigenvalue weighted by atomic mass is 9.79. The van der Waals surface area contributed by atoms with Crippen LogP contribution in [0.1, 0.15) is 32.6 Å². The van der Waals surface area contributed by atoms with Gasteiger partial charge in [-0.2, -0.15) is 0 Å². The van der Waals surface area contributed by atoms with Gasteiger partial charge in [-0.3, -0.25) is 4.79 Å². The van der Waals surface area contributed by atoms with Gasteiger partial charge in [0.05, 0.1) is 0 Å². The maximum absolute atomic E-state index is 10.8.